The van der Waals surface area contributed by atoms with E-state index in [0.717, 1.165) is 41.1 Å². The zero-order valence-electron chi connectivity index (χ0n) is 26.6. The molecule has 1 aliphatic rings. The number of methoxy groups -OCH3 is 1. The largest absolute Gasteiger partial charge is 0.495 e. The van der Waals surface area contributed by atoms with Gasteiger partial charge in [0.15, 0.2) is 0 Å². The summed E-state index contributed by atoms with van der Waals surface area (Å²) >= 11 is 6.35. The van der Waals surface area contributed by atoms with E-state index in [1.54, 1.807) is 48.5 Å². The monoisotopic (exact) mass is 673 g/mol. The molecule has 0 radical (unpaired) electrons. The Bertz CT molecular complexity index is 1780. The Labute approximate surface area is 282 Å². The number of ether oxygens (including phenoxy) is 1. The van der Waals surface area contributed by atoms with Gasteiger partial charge in [0, 0.05) is 24.0 Å². The van der Waals surface area contributed by atoms with Crippen molar-refractivity contribution in [1.29, 1.82) is 0 Å². The minimum absolute atomic E-state index is 0.0235. The summed E-state index contributed by atoms with van der Waals surface area (Å²) in [5.41, 5.74) is 2.60. The van der Waals surface area contributed by atoms with Crippen LogP contribution in [0.5, 0.6) is 5.75 Å². The van der Waals surface area contributed by atoms with E-state index in [2.05, 4.69) is 5.32 Å². The summed E-state index contributed by atoms with van der Waals surface area (Å²) in [7, 11) is -2.79. The number of anilines is 1. The van der Waals surface area contributed by atoms with Gasteiger partial charge in [0.2, 0.25) is 11.8 Å². The highest BCUT2D eigenvalue weighted by Gasteiger charge is 2.36. The summed E-state index contributed by atoms with van der Waals surface area (Å²) < 4.78 is 35.3. The van der Waals surface area contributed by atoms with Crippen molar-refractivity contribution in [2.75, 3.05) is 18.0 Å². The first-order valence-electron chi connectivity index (χ1n) is 15.8. The molecule has 10 heteroatoms. The number of nitrogens with zero attached hydrogens (tertiary/aromatic N) is 2. The van der Waals surface area contributed by atoms with Gasteiger partial charge in [0.25, 0.3) is 10.0 Å². The molecule has 0 aliphatic heterocycles. The van der Waals surface area contributed by atoms with Gasteiger partial charge in [-0.2, -0.15) is 0 Å². The summed E-state index contributed by atoms with van der Waals surface area (Å²) in [6.07, 6.45) is 4.06. The molecule has 4 aromatic carbocycles. The van der Waals surface area contributed by atoms with Gasteiger partial charge in [-0.05, 0) is 72.9 Å². The molecule has 1 N–H and O–H groups in total. The Hall–Kier alpha value is -4.34. The summed E-state index contributed by atoms with van der Waals surface area (Å²) in [5.74, 6) is -0.526. The van der Waals surface area contributed by atoms with E-state index in [0.29, 0.717) is 16.3 Å². The topological polar surface area (TPSA) is 96.0 Å². The fraction of sp³-hybridized carbons (Fsp3) is 0.297. The van der Waals surface area contributed by atoms with Crippen LogP contribution < -0.4 is 14.4 Å². The molecule has 47 heavy (non-hydrogen) atoms. The number of aryl methyl sites for hydroxylation is 1. The minimum Gasteiger partial charge on any atom is -0.495 e. The van der Waals surface area contributed by atoms with E-state index in [-0.39, 0.29) is 35.5 Å². The van der Waals surface area contributed by atoms with Crippen molar-refractivity contribution >= 4 is 39.1 Å². The molecule has 0 unspecified atom stereocenters. The Morgan fingerprint density at radius 2 is 1.55 bits per heavy atom. The Kier molecular flexibility index (Phi) is 11.2. The second kappa shape index (κ2) is 15.5. The third-order valence-electron chi connectivity index (χ3n) is 8.43. The summed E-state index contributed by atoms with van der Waals surface area (Å²) in [6.45, 7) is 1.31. The lowest BCUT2D eigenvalue weighted by Crippen LogP contribution is -2.54. The van der Waals surface area contributed by atoms with Crippen molar-refractivity contribution in [2.45, 2.75) is 62.6 Å². The Morgan fingerprint density at radius 3 is 2.21 bits per heavy atom. The fourth-order valence-corrected chi connectivity index (χ4v) is 7.63. The van der Waals surface area contributed by atoms with Crippen LogP contribution in [-0.4, -0.2) is 50.9 Å². The van der Waals surface area contributed by atoms with Gasteiger partial charge in [0.05, 0.1) is 17.7 Å². The first-order valence-corrected chi connectivity index (χ1v) is 17.6. The molecule has 0 bridgehead atoms. The number of carbonyl (C=O) groups excluding carboxylic acids is 2. The zero-order chi connectivity index (χ0) is 33.4. The smallest absolute Gasteiger partial charge is 0.264 e. The standard InChI is InChI=1S/C37H40ClN3O5S/c1-27-20-21-35(46-2)33(22-27)41(47(44,45)32-18-7-4-8-19-32)26-36(42)40(25-29-14-11-15-30(38)23-29)34(24-28-12-5-3-6-13-28)37(43)39-31-16-9-10-17-31/h3-8,11-15,18-23,31,34H,9-10,16-17,24-26H2,1-2H3,(H,39,43)/t34-/m0/s1. The van der Waals surface area contributed by atoms with E-state index in [9.17, 15) is 18.0 Å². The van der Waals surface area contributed by atoms with E-state index >= 15 is 0 Å². The van der Waals surface area contributed by atoms with Gasteiger partial charge >= 0.3 is 0 Å². The number of amides is 2. The maximum atomic E-state index is 14.7. The molecule has 1 aliphatic carbocycles. The van der Waals surface area contributed by atoms with Gasteiger partial charge in [-0.3, -0.25) is 13.9 Å². The molecule has 8 nitrogen and oxygen atoms in total. The van der Waals surface area contributed by atoms with Gasteiger partial charge in [-0.25, -0.2) is 8.42 Å². The number of halogens is 1. The van der Waals surface area contributed by atoms with E-state index < -0.39 is 28.5 Å². The molecular weight excluding hydrogens is 634 g/mol. The van der Waals surface area contributed by atoms with Crippen LogP contribution in [0.3, 0.4) is 0 Å². The highest BCUT2D eigenvalue weighted by Crippen LogP contribution is 2.34. The predicted octanol–water partition coefficient (Wildman–Crippen LogP) is 6.55. The van der Waals surface area contributed by atoms with E-state index in [1.807, 2.05) is 49.4 Å². The fourth-order valence-electron chi connectivity index (χ4n) is 5.98. The maximum Gasteiger partial charge on any atom is 0.264 e. The van der Waals surface area contributed by atoms with Crippen molar-refractivity contribution in [1.82, 2.24) is 10.2 Å². The molecule has 1 atom stereocenters. The van der Waals surface area contributed by atoms with Crippen molar-refractivity contribution in [3.63, 3.8) is 0 Å². The third-order valence-corrected chi connectivity index (χ3v) is 10.4. The average molecular weight is 674 g/mol. The van der Waals surface area contributed by atoms with Crippen molar-refractivity contribution in [2.24, 2.45) is 0 Å². The predicted molar refractivity (Wildman–Crippen MR) is 185 cm³/mol. The summed E-state index contributed by atoms with van der Waals surface area (Å²) in [5, 5.41) is 3.68. The SMILES string of the molecule is COc1ccc(C)cc1N(CC(=O)N(Cc1cccc(Cl)c1)[C@@H](Cc1ccccc1)C(=O)NC1CCCC1)S(=O)(=O)c1ccccc1. The number of rotatable bonds is 13. The summed E-state index contributed by atoms with van der Waals surface area (Å²) in [4.78, 5) is 30.4. The molecule has 4 aromatic rings. The highest BCUT2D eigenvalue weighted by molar-refractivity contribution is 7.92. The van der Waals surface area contributed by atoms with E-state index in [1.165, 1.54) is 24.1 Å². The Balaban J connectivity index is 1.60. The number of carbonyl (C=O) groups is 2. The second-order valence-electron chi connectivity index (χ2n) is 11.8. The lowest BCUT2D eigenvalue weighted by molar-refractivity contribution is -0.140. The zero-order valence-corrected chi connectivity index (χ0v) is 28.2. The number of sulfonamides is 1. The maximum absolute atomic E-state index is 14.7. The van der Waals surface area contributed by atoms with Crippen LogP contribution in [0.2, 0.25) is 5.02 Å². The molecule has 0 spiro atoms. The van der Waals surface area contributed by atoms with Crippen LogP contribution in [-0.2, 0) is 32.6 Å². The number of benzene rings is 4. The highest BCUT2D eigenvalue weighted by atomic mass is 35.5. The first-order chi connectivity index (χ1) is 22.7. The lowest BCUT2D eigenvalue weighted by Gasteiger charge is -2.34. The van der Waals surface area contributed by atoms with Crippen LogP contribution in [0, 0.1) is 6.92 Å². The number of nitrogens with one attached hydrogen (secondary N) is 1. The van der Waals surface area contributed by atoms with Crippen LogP contribution in [0.1, 0.15) is 42.4 Å². The molecule has 2 amide bonds. The first kappa shape index (κ1) is 34.0. The molecule has 246 valence electrons. The van der Waals surface area contributed by atoms with E-state index in [4.69, 9.17) is 16.3 Å². The van der Waals surface area contributed by atoms with Gasteiger partial charge in [0.1, 0.15) is 18.3 Å². The quantitative estimate of drug-likeness (QED) is 0.174. The lowest BCUT2D eigenvalue weighted by atomic mass is 10.0. The molecule has 0 aromatic heterocycles. The molecule has 1 saturated carbocycles. The minimum atomic E-state index is -4.25. The number of hydrogen-bond acceptors (Lipinski definition) is 5. The van der Waals surface area contributed by atoms with Crippen molar-refractivity contribution in [3.05, 3.63) is 125 Å². The Morgan fingerprint density at radius 1 is 0.894 bits per heavy atom. The molecule has 5 rings (SSSR count). The van der Waals surface area contributed by atoms with Gasteiger partial charge in [-0.1, -0.05) is 91.2 Å². The van der Waals surface area contributed by atoms with Crippen LogP contribution in [0.4, 0.5) is 5.69 Å². The average Bonchev–Trinajstić information content (AvgIpc) is 3.59. The van der Waals surface area contributed by atoms with Crippen molar-refractivity contribution < 1.29 is 22.7 Å². The molecule has 0 heterocycles. The number of hydrogen-bond donors (Lipinski definition) is 1. The normalized spacial score (nSPS) is 13.9. The van der Waals surface area contributed by atoms with Crippen LogP contribution in [0.15, 0.2) is 108 Å². The van der Waals surface area contributed by atoms with Gasteiger partial charge < -0.3 is 15.0 Å². The summed E-state index contributed by atoms with van der Waals surface area (Å²) in [6, 6.07) is 28.9. The third kappa shape index (κ3) is 8.53. The molecule has 0 saturated heterocycles. The molecule has 1 fully saturated rings. The van der Waals surface area contributed by atoms with Gasteiger partial charge in [-0.15, -0.1) is 0 Å². The van der Waals surface area contributed by atoms with Crippen molar-refractivity contribution in [3.8, 4) is 5.75 Å². The van der Waals surface area contributed by atoms with Crippen LogP contribution in [0.25, 0.3) is 0 Å². The van der Waals surface area contributed by atoms with Crippen LogP contribution >= 0.6 is 11.6 Å². The second-order valence-corrected chi connectivity index (χ2v) is 14.1. The molecular formula is C37H40ClN3O5S.